The number of hydrogen-bond acceptors (Lipinski definition) is 1. The summed E-state index contributed by atoms with van der Waals surface area (Å²) in [6.07, 6.45) is 11.0. The van der Waals surface area contributed by atoms with Gasteiger partial charge in [-0.05, 0) is 37.0 Å². The van der Waals surface area contributed by atoms with Crippen LogP contribution < -0.4 is 0 Å². The van der Waals surface area contributed by atoms with Gasteiger partial charge in [0.1, 0.15) is 0 Å². The Bertz CT molecular complexity index is 396. The summed E-state index contributed by atoms with van der Waals surface area (Å²) in [6.45, 7) is 0. The van der Waals surface area contributed by atoms with Crippen molar-refractivity contribution in [3.63, 3.8) is 0 Å². The summed E-state index contributed by atoms with van der Waals surface area (Å²) < 4.78 is 0. The van der Waals surface area contributed by atoms with E-state index in [-0.39, 0.29) is 0 Å². The lowest BCUT2D eigenvalue weighted by atomic mass is 10.1. The maximum atomic E-state index is 10.3. The Hall–Kier alpha value is -1.28. The van der Waals surface area contributed by atoms with E-state index in [2.05, 4.69) is 12.2 Å². The van der Waals surface area contributed by atoms with Crippen LogP contribution in [-0.2, 0) is 4.79 Å². The zero-order chi connectivity index (χ0) is 13.9. The lowest BCUT2D eigenvalue weighted by molar-refractivity contribution is -0.137. The molecule has 0 amide bonds. The van der Waals surface area contributed by atoms with E-state index in [9.17, 15) is 4.79 Å². The number of rotatable bonds is 9. The third-order valence-electron chi connectivity index (χ3n) is 2.94. The van der Waals surface area contributed by atoms with E-state index < -0.39 is 5.97 Å². The number of halogens is 1. The molecule has 0 aromatic heterocycles. The van der Waals surface area contributed by atoms with Gasteiger partial charge in [0.25, 0.3) is 0 Å². The van der Waals surface area contributed by atoms with Gasteiger partial charge < -0.3 is 5.11 Å². The summed E-state index contributed by atoms with van der Waals surface area (Å²) in [5, 5.41) is 9.26. The second-order valence-electron chi connectivity index (χ2n) is 4.65. The van der Waals surface area contributed by atoms with Crippen molar-refractivity contribution in [2.24, 2.45) is 0 Å². The Kier molecular flexibility index (Phi) is 7.99. The SMILES string of the molecule is O=C(O)CCCCCCC/C=C/c1ccc(Cl)cc1. The Labute approximate surface area is 120 Å². The smallest absolute Gasteiger partial charge is 0.303 e. The fourth-order valence-electron chi connectivity index (χ4n) is 1.86. The van der Waals surface area contributed by atoms with Crippen LogP contribution in [0.1, 0.15) is 50.5 Å². The first-order chi connectivity index (χ1) is 9.18. The minimum Gasteiger partial charge on any atom is -0.481 e. The summed E-state index contributed by atoms with van der Waals surface area (Å²) in [5.74, 6) is -0.689. The minimum absolute atomic E-state index is 0.302. The molecule has 0 radical (unpaired) electrons. The fourth-order valence-corrected chi connectivity index (χ4v) is 1.99. The van der Waals surface area contributed by atoms with Gasteiger partial charge in [0.2, 0.25) is 0 Å². The molecule has 104 valence electrons. The standard InChI is InChI=1S/C16H21ClO2/c17-15-12-10-14(11-13-15)8-6-4-2-1-3-5-7-9-16(18)19/h6,8,10-13H,1-5,7,9H2,(H,18,19)/b8-6+. The maximum Gasteiger partial charge on any atom is 0.303 e. The highest BCUT2D eigenvalue weighted by Gasteiger charge is 1.95. The molecule has 0 bridgehead atoms. The van der Waals surface area contributed by atoms with Crippen LogP contribution in [0.2, 0.25) is 5.02 Å². The molecule has 0 heterocycles. The highest BCUT2D eigenvalue weighted by Crippen LogP contribution is 2.12. The van der Waals surface area contributed by atoms with E-state index in [4.69, 9.17) is 16.7 Å². The molecule has 0 unspecified atom stereocenters. The summed E-state index contributed by atoms with van der Waals surface area (Å²) in [6, 6.07) is 7.79. The first-order valence-electron chi connectivity index (χ1n) is 6.82. The van der Waals surface area contributed by atoms with Crippen LogP contribution in [0.25, 0.3) is 6.08 Å². The molecule has 0 fully saturated rings. The molecule has 0 saturated carbocycles. The number of carboxylic acids is 1. The molecule has 2 nitrogen and oxygen atoms in total. The minimum atomic E-state index is -0.689. The summed E-state index contributed by atoms with van der Waals surface area (Å²) in [4.78, 5) is 10.3. The molecule has 0 spiro atoms. The molecule has 19 heavy (non-hydrogen) atoms. The van der Waals surface area contributed by atoms with Crippen molar-refractivity contribution >= 4 is 23.6 Å². The number of carboxylic acid groups (broad SMARTS) is 1. The van der Waals surface area contributed by atoms with Crippen LogP contribution in [0, 0.1) is 0 Å². The van der Waals surface area contributed by atoms with Gasteiger partial charge in [-0.25, -0.2) is 0 Å². The molecule has 1 aromatic rings. The van der Waals surface area contributed by atoms with E-state index >= 15 is 0 Å². The molecule has 0 aliphatic carbocycles. The second-order valence-corrected chi connectivity index (χ2v) is 5.09. The van der Waals surface area contributed by atoms with Gasteiger partial charge in [-0.2, -0.15) is 0 Å². The normalized spacial score (nSPS) is 11.0. The number of unbranched alkanes of at least 4 members (excludes halogenated alkanes) is 5. The van der Waals surface area contributed by atoms with Crippen LogP contribution >= 0.6 is 11.6 Å². The Morgan fingerprint density at radius 1 is 1.05 bits per heavy atom. The van der Waals surface area contributed by atoms with Crippen molar-refractivity contribution in [3.05, 3.63) is 40.9 Å². The van der Waals surface area contributed by atoms with Crippen molar-refractivity contribution in [1.29, 1.82) is 0 Å². The number of carbonyl (C=O) groups is 1. The van der Waals surface area contributed by atoms with Crippen molar-refractivity contribution in [2.45, 2.75) is 44.9 Å². The van der Waals surface area contributed by atoms with Gasteiger partial charge in [-0.15, -0.1) is 0 Å². The molecule has 1 aromatic carbocycles. The average Bonchev–Trinajstić information content (AvgIpc) is 2.38. The van der Waals surface area contributed by atoms with Gasteiger partial charge in [-0.3, -0.25) is 4.79 Å². The van der Waals surface area contributed by atoms with Gasteiger partial charge in [-0.1, -0.05) is 55.1 Å². The van der Waals surface area contributed by atoms with Crippen LogP contribution in [0.5, 0.6) is 0 Å². The Morgan fingerprint density at radius 2 is 1.68 bits per heavy atom. The summed E-state index contributed by atoms with van der Waals surface area (Å²) in [5.41, 5.74) is 1.17. The van der Waals surface area contributed by atoms with Crippen LogP contribution in [0.3, 0.4) is 0 Å². The number of allylic oxidation sites excluding steroid dienone is 1. The maximum absolute atomic E-state index is 10.3. The number of hydrogen-bond donors (Lipinski definition) is 1. The van der Waals surface area contributed by atoms with Crippen molar-refractivity contribution < 1.29 is 9.90 Å². The van der Waals surface area contributed by atoms with Gasteiger partial charge in [0.15, 0.2) is 0 Å². The molecular formula is C16H21ClO2. The summed E-state index contributed by atoms with van der Waals surface area (Å²) in [7, 11) is 0. The van der Waals surface area contributed by atoms with Gasteiger partial charge in [0.05, 0.1) is 0 Å². The zero-order valence-electron chi connectivity index (χ0n) is 11.1. The van der Waals surface area contributed by atoms with Crippen LogP contribution in [0.15, 0.2) is 30.3 Å². The summed E-state index contributed by atoms with van der Waals surface area (Å²) >= 11 is 5.81. The molecule has 0 saturated heterocycles. The van der Waals surface area contributed by atoms with E-state index in [1.54, 1.807) is 0 Å². The lowest BCUT2D eigenvalue weighted by Crippen LogP contribution is -1.93. The van der Waals surface area contributed by atoms with E-state index in [1.165, 1.54) is 12.0 Å². The predicted octanol–water partition coefficient (Wildman–Crippen LogP) is 5.17. The van der Waals surface area contributed by atoms with E-state index in [1.807, 2.05) is 24.3 Å². The van der Waals surface area contributed by atoms with Gasteiger partial charge >= 0.3 is 5.97 Å². The van der Waals surface area contributed by atoms with E-state index in [0.29, 0.717) is 6.42 Å². The monoisotopic (exact) mass is 280 g/mol. The van der Waals surface area contributed by atoms with Gasteiger partial charge in [0, 0.05) is 11.4 Å². The molecule has 1 rings (SSSR count). The lowest BCUT2D eigenvalue weighted by Gasteiger charge is -1.98. The zero-order valence-corrected chi connectivity index (χ0v) is 11.9. The first-order valence-corrected chi connectivity index (χ1v) is 7.20. The predicted molar refractivity (Wildman–Crippen MR) is 80.4 cm³/mol. The Balaban J connectivity index is 2.01. The van der Waals surface area contributed by atoms with E-state index in [0.717, 1.165) is 37.1 Å². The Morgan fingerprint density at radius 3 is 2.37 bits per heavy atom. The second kappa shape index (κ2) is 9.62. The fraction of sp³-hybridized carbons (Fsp3) is 0.438. The highest BCUT2D eigenvalue weighted by atomic mass is 35.5. The van der Waals surface area contributed by atoms with Crippen molar-refractivity contribution in [3.8, 4) is 0 Å². The van der Waals surface area contributed by atoms with Crippen LogP contribution in [0.4, 0.5) is 0 Å². The first kappa shape index (κ1) is 15.8. The third-order valence-corrected chi connectivity index (χ3v) is 3.19. The number of aliphatic carboxylic acids is 1. The molecule has 0 atom stereocenters. The average molecular weight is 281 g/mol. The third kappa shape index (κ3) is 8.44. The van der Waals surface area contributed by atoms with Crippen molar-refractivity contribution in [2.75, 3.05) is 0 Å². The topological polar surface area (TPSA) is 37.3 Å². The molecule has 3 heteroatoms. The molecule has 0 aliphatic rings. The number of benzene rings is 1. The molecule has 1 N–H and O–H groups in total. The molecular weight excluding hydrogens is 260 g/mol. The molecule has 0 aliphatic heterocycles. The van der Waals surface area contributed by atoms with Crippen LogP contribution in [-0.4, -0.2) is 11.1 Å². The largest absolute Gasteiger partial charge is 0.481 e. The quantitative estimate of drug-likeness (QED) is 0.634. The highest BCUT2D eigenvalue weighted by molar-refractivity contribution is 6.30. The van der Waals surface area contributed by atoms with Crippen molar-refractivity contribution in [1.82, 2.24) is 0 Å².